The molecule has 0 bridgehead atoms. The van der Waals surface area contributed by atoms with Crippen molar-refractivity contribution in [3.8, 4) is 0 Å². The van der Waals surface area contributed by atoms with E-state index < -0.39 is 7.26 Å². The van der Waals surface area contributed by atoms with Crippen molar-refractivity contribution in [2.24, 2.45) is 9.98 Å². The normalized spacial score (nSPS) is 13.9. The molecule has 2 heterocycles. The van der Waals surface area contributed by atoms with Gasteiger partial charge in [0.1, 0.15) is 28.5 Å². The van der Waals surface area contributed by atoms with Crippen LogP contribution in [0.1, 0.15) is 16.7 Å². The maximum atomic E-state index is 4.68. The van der Waals surface area contributed by atoms with Gasteiger partial charge in [-0.25, -0.2) is 0 Å². The van der Waals surface area contributed by atoms with Crippen LogP contribution in [0.2, 0.25) is 0 Å². The van der Waals surface area contributed by atoms with Gasteiger partial charge in [0.2, 0.25) is 0 Å². The third-order valence-electron chi connectivity index (χ3n) is 6.29. The third kappa shape index (κ3) is 2.91. The molecule has 0 aliphatic carbocycles. The number of aliphatic imine (C=N–C) groups is 2. The van der Waals surface area contributed by atoms with E-state index in [1.807, 2.05) is 12.4 Å². The van der Waals surface area contributed by atoms with Gasteiger partial charge in [-0.3, -0.25) is 9.98 Å². The molecule has 4 aromatic rings. The van der Waals surface area contributed by atoms with Gasteiger partial charge in [-0.2, -0.15) is 0 Å². The van der Waals surface area contributed by atoms with Crippen molar-refractivity contribution in [2.75, 3.05) is 0 Å². The molecule has 2 aliphatic rings. The summed E-state index contributed by atoms with van der Waals surface area (Å²) in [4.78, 5) is 9.19. The van der Waals surface area contributed by atoms with Crippen LogP contribution in [-0.2, 0) is 13.0 Å². The van der Waals surface area contributed by atoms with Crippen LogP contribution in [0.4, 0.5) is 5.69 Å². The Morgan fingerprint density at radius 3 is 1.97 bits per heavy atom. The van der Waals surface area contributed by atoms with Crippen LogP contribution in [0, 0.1) is 0 Å². The minimum atomic E-state index is -2.11. The van der Waals surface area contributed by atoms with Crippen molar-refractivity contribution in [1.82, 2.24) is 0 Å². The number of nitrogens with zero attached hydrogens (tertiary/aromatic N) is 2. The van der Waals surface area contributed by atoms with Crippen molar-refractivity contribution in [1.29, 1.82) is 0 Å². The zero-order valence-electron chi connectivity index (χ0n) is 17.1. The first-order valence-corrected chi connectivity index (χ1v) is 12.4. The lowest BCUT2D eigenvalue weighted by Crippen LogP contribution is -2.38. The molecule has 2 nitrogen and oxygen atoms in total. The lowest BCUT2D eigenvalue weighted by Gasteiger charge is -2.28. The summed E-state index contributed by atoms with van der Waals surface area (Å²) in [6, 6.07) is 35.9. The van der Waals surface area contributed by atoms with Crippen LogP contribution in [0.3, 0.4) is 0 Å². The van der Waals surface area contributed by atoms with Gasteiger partial charge in [-0.05, 0) is 53.6 Å². The zero-order chi connectivity index (χ0) is 20.7. The fraction of sp³-hybridized carbons (Fsp3) is 0.0714. The Kier molecular flexibility index (Phi) is 4.40. The number of benzene rings is 4. The summed E-state index contributed by atoms with van der Waals surface area (Å²) in [6.07, 6.45) is 4.97. The van der Waals surface area contributed by atoms with Crippen LogP contribution in [0.25, 0.3) is 0 Å². The summed E-state index contributed by atoms with van der Waals surface area (Å²) in [7, 11) is -2.11. The summed E-state index contributed by atoms with van der Waals surface area (Å²) < 4.78 is 0. The van der Waals surface area contributed by atoms with E-state index in [-0.39, 0.29) is 0 Å². The fourth-order valence-electron chi connectivity index (χ4n) is 4.79. The monoisotopic (exact) mass is 417 g/mol. The Morgan fingerprint density at radius 1 is 0.613 bits per heavy atom. The van der Waals surface area contributed by atoms with Crippen molar-refractivity contribution < 1.29 is 0 Å². The number of hydrogen-bond donors (Lipinski definition) is 0. The van der Waals surface area contributed by atoms with Gasteiger partial charge in [0.05, 0.1) is 12.2 Å². The highest BCUT2D eigenvalue weighted by Crippen LogP contribution is 2.55. The molecule has 0 amide bonds. The topological polar surface area (TPSA) is 24.7 Å². The van der Waals surface area contributed by atoms with Crippen molar-refractivity contribution in [3.05, 3.63) is 114 Å². The fourth-order valence-corrected chi connectivity index (χ4v) is 9.06. The van der Waals surface area contributed by atoms with Gasteiger partial charge in [-0.1, -0.05) is 48.5 Å². The van der Waals surface area contributed by atoms with E-state index in [0.717, 1.165) is 18.7 Å². The number of hydrogen-bond acceptors (Lipinski definition) is 2. The summed E-state index contributed by atoms with van der Waals surface area (Å²) in [5, 5.41) is 5.42. The second kappa shape index (κ2) is 7.41. The van der Waals surface area contributed by atoms with Gasteiger partial charge < -0.3 is 0 Å². The van der Waals surface area contributed by atoms with E-state index in [0.29, 0.717) is 0 Å². The smallest absolute Gasteiger partial charge is 0.144 e. The average Bonchev–Trinajstić information content (AvgIpc) is 3.50. The number of rotatable bonds is 4. The van der Waals surface area contributed by atoms with E-state index in [9.17, 15) is 0 Å². The molecule has 0 fully saturated rings. The molecular weight excluding hydrogens is 395 g/mol. The Labute approximate surface area is 183 Å². The molecule has 0 aromatic heterocycles. The summed E-state index contributed by atoms with van der Waals surface area (Å²) in [6.45, 7) is 0.783. The molecule has 31 heavy (non-hydrogen) atoms. The third-order valence-corrected chi connectivity index (χ3v) is 10.5. The first-order valence-electron chi connectivity index (χ1n) is 10.7. The summed E-state index contributed by atoms with van der Waals surface area (Å²) in [5.41, 5.74) is 4.97. The first kappa shape index (κ1) is 18.4. The molecule has 3 heteroatoms. The second-order valence-electron chi connectivity index (χ2n) is 8.02. The van der Waals surface area contributed by atoms with Crippen LogP contribution in [0.5, 0.6) is 0 Å². The Balaban J connectivity index is 1.72. The van der Waals surface area contributed by atoms with Crippen molar-refractivity contribution in [3.63, 3.8) is 0 Å². The molecule has 6 rings (SSSR count). The van der Waals surface area contributed by atoms with Gasteiger partial charge in [-0.15, -0.1) is 0 Å². The maximum absolute atomic E-state index is 4.68. The standard InChI is InChI=1S/C28H22N2P/c1-3-7-24(8-4-1)31(25-9-5-2-6-10-25,26-14-12-22-19-29-20-23(22)17-26)27-13-11-21-15-16-30-28(21)18-27/h1-14,16-18,20H,15,19H2/q+1. The quantitative estimate of drug-likeness (QED) is 0.437. The average molecular weight is 417 g/mol. The first-order chi connectivity index (χ1) is 15.4. The molecule has 0 radical (unpaired) electrons. The zero-order valence-corrected chi connectivity index (χ0v) is 18.0. The van der Waals surface area contributed by atoms with E-state index >= 15 is 0 Å². The molecule has 148 valence electrons. The van der Waals surface area contributed by atoms with Gasteiger partial charge in [0, 0.05) is 30.5 Å². The minimum absolute atomic E-state index is 0.783. The Bertz CT molecular complexity index is 1220. The summed E-state index contributed by atoms with van der Waals surface area (Å²) >= 11 is 0. The van der Waals surface area contributed by atoms with Crippen molar-refractivity contribution >= 4 is 46.6 Å². The molecular formula is C28H22N2P+. The van der Waals surface area contributed by atoms with Crippen LogP contribution < -0.4 is 21.2 Å². The van der Waals surface area contributed by atoms with E-state index in [1.54, 1.807) is 0 Å². The predicted molar refractivity (Wildman–Crippen MR) is 134 cm³/mol. The van der Waals surface area contributed by atoms with E-state index in [4.69, 9.17) is 0 Å². The van der Waals surface area contributed by atoms with Crippen molar-refractivity contribution in [2.45, 2.75) is 13.0 Å². The Hall–Kier alpha value is -3.35. The van der Waals surface area contributed by atoms with Gasteiger partial charge >= 0.3 is 0 Å². The molecule has 0 saturated carbocycles. The highest BCUT2D eigenvalue weighted by Gasteiger charge is 2.48. The van der Waals surface area contributed by atoms with Gasteiger partial charge in [0.15, 0.2) is 0 Å². The van der Waals surface area contributed by atoms with Crippen LogP contribution >= 0.6 is 7.26 Å². The molecule has 0 saturated heterocycles. The lowest BCUT2D eigenvalue weighted by atomic mass is 10.1. The maximum Gasteiger partial charge on any atom is 0.144 e. The molecule has 4 aromatic carbocycles. The second-order valence-corrected chi connectivity index (χ2v) is 11.4. The highest BCUT2D eigenvalue weighted by atomic mass is 31.2. The summed E-state index contributed by atoms with van der Waals surface area (Å²) in [5.74, 6) is 0. The minimum Gasteiger partial charge on any atom is -0.288 e. The molecule has 0 atom stereocenters. The predicted octanol–water partition coefficient (Wildman–Crippen LogP) is 4.50. The molecule has 0 unspecified atom stereocenters. The van der Waals surface area contributed by atoms with Crippen LogP contribution in [0.15, 0.2) is 107 Å². The van der Waals surface area contributed by atoms with Crippen LogP contribution in [-0.4, -0.2) is 12.4 Å². The molecule has 0 spiro atoms. The highest BCUT2D eigenvalue weighted by molar-refractivity contribution is 8.01. The molecule has 2 aliphatic heterocycles. The van der Waals surface area contributed by atoms with E-state index in [2.05, 4.69) is 107 Å². The SMILES string of the molecule is C1=NCc2ccc([P+](c3ccccc3)(c3ccccc3)c3ccc4c(c3)N=CC4)cc21. The van der Waals surface area contributed by atoms with Gasteiger partial charge in [0.25, 0.3) is 0 Å². The Morgan fingerprint density at radius 2 is 1.26 bits per heavy atom. The lowest BCUT2D eigenvalue weighted by molar-refractivity contribution is 1.11. The largest absolute Gasteiger partial charge is 0.288 e. The number of fused-ring (bicyclic) bond motifs is 2. The molecule has 0 N–H and O–H groups in total. The van der Waals surface area contributed by atoms with E-state index in [1.165, 1.54) is 37.9 Å².